The van der Waals surface area contributed by atoms with Crippen LogP contribution in [0.15, 0.2) is 23.6 Å². The fraction of sp³-hybridized carbons (Fsp3) is 0.154. The summed E-state index contributed by atoms with van der Waals surface area (Å²) in [6.45, 7) is 0. The van der Waals surface area contributed by atoms with Gasteiger partial charge < -0.3 is 15.1 Å². The third-order valence-corrected chi connectivity index (χ3v) is 3.34. The molecule has 2 aromatic rings. The number of aromatic nitrogens is 1. The predicted octanol–water partition coefficient (Wildman–Crippen LogP) is 1.25. The molecule has 1 aromatic heterocycles. The van der Waals surface area contributed by atoms with Crippen LogP contribution in [0, 0.1) is 0 Å². The maximum atomic E-state index is 11.6. The first-order valence-corrected chi connectivity index (χ1v) is 6.77. The molecule has 0 atom stereocenters. The lowest BCUT2D eigenvalue weighted by Gasteiger charge is -2.08. The number of phenolic OH excluding ortho intramolecular Hbond substituents is 2. The van der Waals surface area contributed by atoms with Gasteiger partial charge in [0, 0.05) is 31.1 Å². The topological polar surface area (TPSA) is 103 Å². The Morgan fingerprint density at radius 1 is 1.29 bits per heavy atom. The maximum absolute atomic E-state index is 11.6. The summed E-state index contributed by atoms with van der Waals surface area (Å²) in [5.74, 6) is -1.64. The van der Waals surface area contributed by atoms with Crippen LogP contribution < -0.4 is 5.32 Å². The number of nitrogens with one attached hydrogen (secondary N) is 1. The number of phenols is 2. The monoisotopic (exact) mass is 307 g/mol. The molecule has 3 N–H and O–H groups in total. The van der Waals surface area contributed by atoms with Crippen LogP contribution in [0.5, 0.6) is 11.5 Å². The molecule has 0 aliphatic rings. The van der Waals surface area contributed by atoms with Gasteiger partial charge in [-0.3, -0.25) is 14.9 Å². The predicted molar refractivity (Wildman–Crippen MR) is 78.2 cm³/mol. The lowest BCUT2D eigenvalue weighted by Crippen LogP contribution is -2.34. The Kier molecular flexibility index (Phi) is 4.08. The highest BCUT2D eigenvalue weighted by atomic mass is 32.1. The van der Waals surface area contributed by atoms with Crippen molar-refractivity contribution >= 4 is 28.3 Å². The number of hydrogen-bond donors (Lipinski definition) is 3. The quantitative estimate of drug-likeness (QED) is 0.725. The highest BCUT2D eigenvalue weighted by Crippen LogP contribution is 2.33. The molecule has 1 heterocycles. The van der Waals surface area contributed by atoms with Crippen LogP contribution in [-0.2, 0) is 9.59 Å². The number of aromatic hydroxyl groups is 2. The molecule has 8 heteroatoms. The first-order valence-electron chi connectivity index (χ1n) is 5.89. The molecule has 0 aliphatic heterocycles. The minimum Gasteiger partial charge on any atom is -0.508 e. The first-order chi connectivity index (χ1) is 9.88. The van der Waals surface area contributed by atoms with Gasteiger partial charge in [0.15, 0.2) is 5.13 Å². The van der Waals surface area contributed by atoms with Crippen molar-refractivity contribution in [2.75, 3.05) is 19.4 Å². The zero-order valence-corrected chi connectivity index (χ0v) is 12.1. The molecule has 0 saturated carbocycles. The largest absolute Gasteiger partial charge is 0.508 e. The molecule has 0 fully saturated rings. The summed E-state index contributed by atoms with van der Waals surface area (Å²) in [7, 11) is 2.95. The van der Waals surface area contributed by atoms with Gasteiger partial charge >= 0.3 is 11.8 Å². The number of benzene rings is 1. The molecular weight excluding hydrogens is 294 g/mol. The maximum Gasteiger partial charge on any atom is 0.315 e. The lowest BCUT2D eigenvalue weighted by molar-refractivity contribution is -0.141. The van der Waals surface area contributed by atoms with Crippen LogP contribution >= 0.6 is 11.3 Å². The SMILES string of the molecule is CN(C)C(=O)C(=O)Nc1nc(-c2ccc(O)cc2O)cs1. The second-order valence-corrected chi connectivity index (χ2v) is 5.25. The summed E-state index contributed by atoms with van der Waals surface area (Å²) in [4.78, 5) is 28.3. The molecule has 0 spiro atoms. The van der Waals surface area contributed by atoms with E-state index in [-0.39, 0.29) is 16.6 Å². The van der Waals surface area contributed by atoms with E-state index in [0.29, 0.717) is 11.3 Å². The summed E-state index contributed by atoms with van der Waals surface area (Å²) in [6.07, 6.45) is 0. The van der Waals surface area contributed by atoms with Crippen molar-refractivity contribution < 1.29 is 19.8 Å². The molecule has 0 radical (unpaired) electrons. The van der Waals surface area contributed by atoms with Crippen molar-refractivity contribution in [1.29, 1.82) is 0 Å². The molecule has 1 aromatic carbocycles. The first kappa shape index (κ1) is 14.8. The number of hydrogen-bond acceptors (Lipinski definition) is 6. The molecule has 2 amide bonds. The van der Waals surface area contributed by atoms with E-state index in [0.717, 1.165) is 16.2 Å². The molecular formula is C13H13N3O4S. The molecule has 0 saturated heterocycles. The Morgan fingerprint density at radius 2 is 2.00 bits per heavy atom. The van der Waals surface area contributed by atoms with Gasteiger partial charge in [0.05, 0.1) is 5.69 Å². The van der Waals surface area contributed by atoms with E-state index in [1.54, 1.807) is 5.38 Å². The second kappa shape index (κ2) is 5.80. The molecule has 7 nitrogen and oxygen atoms in total. The van der Waals surface area contributed by atoms with E-state index in [1.807, 2.05) is 0 Å². The van der Waals surface area contributed by atoms with Crippen LogP contribution in [0.1, 0.15) is 0 Å². The molecule has 110 valence electrons. The van der Waals surface area contributed by atoms with Crippen LogP contribution in [0.25, 0.3) is 11.3 Å². The average molecular weight is 307 g/mol. The molecule has 0 unspecified atom stereocenters. The number of likely N-dealkylation sites (N-methyl/N-ethyl adjacent to an activating group) is 1. The summed E-state index contributed by atoms with van der Waals surface area (Å²) < 4.78 is 0. The van der Waals surface area contributed by atoms with E-state index in [9.17, 15) is 19.8 Å². The van der Waals surface area contributed by atoms with Gasteiger partial charge in [0.25, 0.3) is 0 Å². The third kappa shape index (κ3) is 3.29. The van der Waals surface area contributed by atoms with Gasteiger partial charge in [0.2, 0.25) is 0 Å². The number of carbonyl (C=O) groups excluding carboxylic acids is 2. The highest BCUT2D eigenvalue weighted by Gasteiger charge is 2.18. The van der Waals surface area contributed by atoms with Crippen molar-refractivity contribution in [3.05, 3.63) is 23.6 Å². The van der Waals surface area contributed by atoms with Crippen molar-refractivity contribution in [1.82, 2.24) is 9.88 Å². The number of anilines is 1. The van der Waals surface area contributed by atoms with E-state index < -0.39 is 11.8 Å². The van der Waals surface area contributed by atoms with Crippen LogP contribution in [0.2, 0.25) is 0 Å². The van der Waals surface area contributed by atoms with E-state index in [1.165, 1.54) is 32.3 Å². The normalized spacial score (nSPS) is 10.2. The standard InChI is InChI=1S/C13H13N3O4S/c1-16(2)12(20)11(19)15-13-14-9(6-21-13)8-4-3-7(17)5-10(8)18/h3-6,17-18H,1-2H3,(H,14,15,19). The lowest BCUT2D eigenvalue weighted by atomic mass is 10.1. The van der Waals surface area contributed by atoms with Gasteiger partial charge in [-0.15, -0.1) is 11.3 Å². The third-order valence-electron chi connectivity index (χ3n) is 2.58. The highest BCUT2D eigenvalue weighted by molar-refractivity contribution is 7.14. The van der Waals surface area contributed by atoms with Crippen LogP contribution in [-0.4, -0.2) is 46.0 Å². The summed E-state index contributed by atoms with van der Waals surface area (Å²) in [6, 6.07) is 4.13. The van der Waals surface area contributed by atoms with Crippen LogP contribution in [0.4, 0.5) is 5.13 Å². The number of amides is 2. The van der Waals surface area contributed by atoms with Crippen molar-refractivity contribution in [2.45, 2.75) is 0 Å². The Morgan fingerprint density at radius 3 is 2.62 bits per heavy atom. The Labute approximate surface area is 124 Å². The second-order valence-electron chi connectivity index (χ2n) is 4.39. The number of carbonyl (C=O) groups is 2. The van der Waals surface area contributed by atoms with E-state index in [4.69, 9.17) is 0 Å². The number of rotatable bonds is 2. The van der Waals surface area contributed by atoms with Crippen molar-refractivity contribution in [3.63, 3.8) is 0 Å². The van der Waals surface area contributed by atoms with Gasteiger partial charge in [0.1, 0.15) is 11.5 Å². The molecule has 0 aliphatic carbocycles. The Bertz CT molecular complexity index is 696. The zero-order chi connectivity index (χ0) is 15.6. The van der Waals surface area contributed by atoms with Gasteiger partial charge in [-0.05, 0) is 12.1 Å². The average Bonchev–Trinajstić information content (AvgIpc) is 2.85. The number of thiazole rings is 1. The minimum absolute atomic E-state index is 0.0587. The van der Waals surface area contributed by atoms with Gasteiger partial charge in [-0.1, -0.05) is 0 Å². The van der Waals surface area contributed by atoms with E-state index in [2.05, 4.69) is 10.3 Å². The van der Waals surface area contributed by atoms with Crippen LogP contribution in [0.3, 0.4) is 0 Å². The molecule has 0 bridgehead atoms. The fourth-order valence-electron chi connectivity index (χ4n) is 1.55. The van der Waals surface area contributed by atoms with Gasteiger partial charge in [-0.25, -0.2) is 4.98 Å². The summed E-state index contributed by atoms with van der Waals surface area (Å²) in [5, 5.41) is 23.3. The molecule has 21 heavy (non-hydrogen) atoms. The smallest absolute Gasteiger partial charge is 0.315 e. The summed E-state index contributed by atoms with van der Waals surface area (Å²) >= 11 is 1.13. The summed E-state index contributed by atoms with van der Waals surface area (Å²) in [5.41, 5.74) is 0.855. The minimum atomic E-state index is -0.782. The molecule has 2 rings (SSSR count). The Hall–Kier alpha value is -2.61. The number of nitrogens with zero attached hydrogens (tertiary/aromatic N) is 2. The van der Waals surface area contributed by atoms with Crippen molar-refractivity contribution in [3.8, 4) is 22.8 Å². The van der Waals surface area contributed by atoms with E-state index >= 15 is 0 Å². The van der Waals surface area contributed by atoms with Gasteiger partial charge in [-0.2, -0.15) is 0 Å². The zero-order valence-electron chi connectivity index (χ0n) is 11.3. The van der Waals surface area contributed by atoms with Crippen molar-refractivity contribution in [2.24, 2.45) is 0 Å². The fourth-order valence-corrected chi connectivity index (χ4v) is 2.25. The Balaban J connectivity index is 2.18.